The molecular formula is C21H25ClN2O3. The quantitative estimate of drug-likeness (QED) is 0.767. The summed E-state index contributed by atoms with van der Waals surface area (Å²) in [5.41, 5.74) is 9.13. The minimum Gasteiger partial charge on any atom is -0.489 e. The Morgan fingerprint density at radius 3 is 2.70 bits per heavy atom. The number of fused-ring (bicyclic) bond motifs is 1. The van der Waals surface area contributed by atoms with Gasteiger partial charge in [0.05, 0.1) is 0 Å². The summed E-state index contributed by atoms with van der Waals surface area (Å²) in [5.74, 6) is 0.776. The summed E-state index contributed by atoms with van der Waals surface area (Å²) in [6.07, 6.45) is 0.495. The number of halogens is 1. The van der Waals surface area contributed by atoms with Gasteiger partial charge in [0, 0.05) is 29.4 Å². The first kappa shape index (κ1) is 19.4. The van der Waals surface area contributed by atoms with Gasteiger partial charge in [0.15, 0.2) is 0 Å². The SMILES string of the molecule is CC(C)(C)OC(=O)N1CCc2cc(OCc3cc(N)ccc3Cl)ccc2C1. The van der Waals surface area contributed by atoms with Gasteiger partial charge in [-0.05, 0) is 68.7 Å². The van der Waals surface area contributed by atoms with Crippen molar-refractivity contribution >= 4 is 23.4 Å². The Kier molecular flexibility index (Phi) is 5.51. The lowest BCUT2D eigenvalue weighted by Crippen LogP contribution is -2.39. The lowest BCUT2D eigenvalue weighted by molar-refractivity contribution is 0.0224. The second-order valence-electron chi connectivity index (χ2n) is 7.72. The Hall–Kier alpha value is -2.40. The fourth-order valence-electron chi connectivity index (χ4n) is 2.97. The summed E-state index contributed by atoms with van der Waals surface area (Å²) >= 11 is 6.18. The Balaban J connectivity index is 1.65. The number of carbonyl (C=O) groups excluding carboxylic acids is 1. The third kappa shape index (κ3) is 5.07. The molecule has 0 aromatic heterocycles. The van der Waals surface area contributed by atoms with Crippen molar-refractivity contribution in [3.05, 3.63) is 58.1 Å². The van der Waals surface area contributed by atoms with Gasteiger partial charge in [-0.3, -0.25) is 0 Å². The number of carbonyl (C=O) groups is 1. The third-order valence-electron chi connectivity index (χ3n) is 4.31. The molecule has 0 unspecified atom stereocenters. The summed E-state index contributed by atoms with van der Waals surface area (Å²) in [4.78, 5) is 14.0. The molecule has 1 aliphatic heterocycles. The lowest BCUT2D eigenvalue weighted by Gasteiger charge is -2.31. The number of ether oxygens (including phenoxy) is 2. The van der Waals surface area contributed by atoms with E-state index in [4.69, 9.17) is 26.8 Å². The molecule has 1 aliphatic rings. The molecule has 1 heterocycles. The standard InChI is InChI=1S/C21H25ClN2O3/c1-21(2,3)27-20(25)24-9-8-14-11-18(6-4-15(14)12-24)26-13-16-10-17(23)5-7-19(16)22/h4-7,10-11H,8-9,12-13,23H2,1-3H3. The first-order valence-electron chi connectivity index (χ1n) is 8.98. The highest BCUT2D eigenvalue weighted by molar-refractivity contribution is 6.31. The van der Waals surface area contributed by atoms with E-state index >= 15 is 0 Å². The molecule has 0 saturated heterocycles. The van der Waals surface area contributed by atoms with Crippen LogP contribution in [-0.4, -0.2) is 23.1 Å². The van der Waals surface area contributed by atoms with Crippen molar-refractivity contribution in [1.82, 2.24) is 4.90 Å². The van der Waals surface area contributed by atoms with E-state index in [9.17, 15) is 4.79 Å². The van der Waals surface area contributed by atoms with Crippen LogP contribution in [0.5, 0.6) is 5.75 Å². The molecular weight excluding hydrogens is 364 g/mol. The molecule has 1 amide bonds. The highest BCUT2D eigenvalue weighted by atomic mass is 35.5. The third-order valence-corrected chi connectivity index (χ3v) is 4.67. The lowest BCUT2D eigenvalue weighted by atomic mass is 10.00. The molecule has 0 radical (unpaired) electrons. The maximum absolute atomic E-state index is 12.3. The molecule has 3 rings (SSSR count). The molecule has 5 nitrogen and oxygen atoms in total. The van der Waals surface area contributed by atoms with Crippen molar-refractivity contribution < 1.29 is 14.3 Å². The van der Waals surface area contributed by atoms with Crippen LogP contribution in [0, 0.1) is 0 Å². The van der Waals surface area contributed by atoms with E-state index in [1.807, 2.05) is 45.0 Å². The van der Waals surface area contributed by atoms with E-state index in [0.29, 0.717) is 30.4 Å². The molecule has 0 spiro atoms. The maximum Gasteiger partial charge on any atom is 0.410 e. The predicted molar refractivity (Wildman–Crippen MR) is 107 cm³/mol. The predicted octanol–water partition coefficient (Wildman–Crippen LogP) is 4.79. The monoisotopic (exact) mass is 388 g/mol. The molecule has 2 N–H and O–H groups in total. The topological polar surface area (TPSA) is 64.8 Å². The van der Waals surface area contributed by atoms with Gasteiger partial charge in [-0.25, -0.2) is 4.79 Å². The van der Waals surface area contributed by atoms with Crippen molar-refractivity contribution in [2.24, 2.45) is 0 Å². The molecule has 2 aromatic rings. The molecule has 0 saturated carbocycles. The Labute approximate surface area is 165 Å². The number of nitrogens with zero attached hydrogens (tertiary/aromatic N) is 1. The van der Waals surface area contributed by atoms with E-state index < -0.39 is 5.60 Å². The molecule has 144 valence electrons. The Morgan fingerprint density at radius 1 is 1.19 bits per heavy atom. The number of rotatable bonds is 3. The fourth-order valence-corrected chi connectivity index (χ4v) is 3.14. The van der Waals surface area contributed by atoms with Gasteiger partial charge in [0.1, 0.15) is 18.0 Å². The van der Waals surface area contributed by atoms with E-state index in [0.717, 1.165) is 23.3 Å². The number of amides is 1. The van der Waals surface area contributed by atoms with E-state index in [-0.39, 0.29) is 6.09 Å². The summed E-state index contributed by atoms with van der Waals surface area (Å²) in [7, 11) is 0. The van der Waals surface area contributed by atoms with Gasteiger partial charge in [-0.15, -0.1) is 0 Å². The minimum absolute atomic E-state index is 0.273. The van der Waals surface area contributed by atoms with Crippen molar-refractivity contribution in [2.75, 3.05) is 12.3 Å². The van der Waals surface area contributed by atoms with Crippen LogP contribution in [-0.2, 0) is 24.3 Å². The molecule has 27 heavy (non-hydrogen) atoms. The highest BCUT2D eigenvalue weighted by Gasteiger charge is 2.25. The average molecular weight is 389 g/mol. The molecule has 0 atom stereocenters. The fraction of sp³-hybridized carbons (Fsp3) is 0.381. The van der Waals surface area contributed by atoms with Gasteiger partial charge in [-0.2, -0.15) is 0 Å². The zero-order valence-electron chi connectivity index (χ0n) is 15.9. The van der Waals surface area contributed by atoms with Gasteiger partial charge >= 0.3 is 6.09 Å². The number of nitrogen functional groups attached to an aromatic ring is 1. The zero-order chi connectivity index (χ0) is 19.6. The summed E-state index contributed by atoms with van der Waals surface area (Å²) in [5, 5.41) is 0.634. The number of hydrogen-bond donors (Lipinski definition) is 1. The number of anilines is 1. The van der Waals surface area contributed by atoms with E-state index in [1.165, 1.54) is 5.56 Å². The molecule has 0 fully saturated rings. The van der Waals surface area contributed by atoms with Crippen molar-refractivity contribution in [2.45, 2.75) is 45.9 Å². The van der Waals surface area contributed by atoms with Crippen LogP contribution in [0.25, 0.3) is 0 Å². The van der Waals surface area contributed by atoms with Gasteiger partial charge in [-0.1, -0.05) is 17.7 Å². The van der Waals surface area contributed by atoms with Crippen LogP contribution in [0.3, 0.4) is 0 Å². The summed E-state index contributed by atoms with van der Waals surface area (Å²) in [6, 6.07) is 11.3. The van der Waals surface area contributed by atoms with Gasteiger partial charge in [0.25, 0.3) is 0 Å². The van der Waals surface area contributed by atoms with Crippen LogP contribution in [0.4, 0.5) is 10.5 Å². The van der Waals surface area contributed by atoms with Gasteiger partial charge in [0.2, 0.25) is 0 Å². The van der Waals surface area contributed by atoms with Gasteiger partial charge < -0.3 is 20.1 Å². The van der Waals surface area contributed by atoms with Crippen molar-refractivity contribution in [1.29, 1.82) is 0 Å². The number of hydrogen-bond acceptors (Lipinski definition) is 4. The molecule has 0 bridgehead atoms. The second-order valence-corrected chi connectivity index (χ2v) is 8.13. The largest absolute Gasteiger partial charge is 0.489 e. The molecule has 6 heteroatoms. The highest BCUT2D eigenvalue weighted by Crippen LogP contribution is 2.26. The normalized spacial score (nSPS) is 13.9. The van der Waals surface area contributed by atoms with Crippen LogP contribution in [0.15, 0.2) is 36.4 Å². The van der Waals surface area contributed by atoms with Crippen LogP contribution >= 0.6 is 11.6 Å². The smallest absolute Gasteiger partial charge is 0.410 e. The van der Waals surface area contributed by atoms with Crippen LogP contribution in [0.2, 0.25) is 5.02 Å². The minimum atomic E-state index is -0.489. The second kappa shape index (κ2) is 7.69. The van der Waals surface area contributed by atoms with E-state index in [2.05, 4.69) is 0 Å². The Morgan fingerprint density at radius 2 is 1.96 bits per heavy atom. The van der Waals surface area contributed by atoms with Crippen molar-refractivity contribution in [3.8, 4) is 5.75 Å². The van der Waals surface area contributed by atoms with Crippen LogP contribution < -0.4 is 10.5 Å². The Bertz CT molecular complexity index is 846. The maximum atomic E-state index is 12.3. The zero-order valence-corrected chi connectivity index (χ0v) is 16.7. The summed E-state index contributed by atoms with van der Waals surface area (Å²) < 4.78 is 11.4. The van der Waals surface area contributed by atoms with Crippen LogP contribution in [0.1, 0.15) is 37.5 Å². The number of nitrogens with two attached hydrogens (primary N) is 1. The van der Waals surface area contributed by atoms with E-state index in [1.54, 1.807) is 17.0 Å². The molecule has 2 aromatic carbocycles. The van der Waals surface area contributed by atoms with Crippen molar-refractivity contribution in [3.63, 3.8) is 0 Å². The molecule has 0 aliphatic carbocycles. The first-order chi connectivity index (χ1) is 12.7. The summed E-state index contributed by atoms with van der Waals surface area (Å²) in [6.45, 7) is 7.15. The average Bonchev–Trinajstić information content (AvgIpc) is 2.60. The number of benzene rings is 2. The first-order valence-corrected chi connectivity index (χ1v) is 9.35.